The van der Waals surface area contributed by atoms with Crippen LogP contribution >= 0.6 is 0 Å². The minimum absolute atomic E-state index is 0.189. The maximum atomic E-state index is 13.3. The predicted octanol–water partition coefficient (Wildman–Crippen LogP) is 2.90. The molecule has 0 aliphatic heterocycles. The Labute approximate surface area is 118 Å². The molecule has 0 fully saturated rings. The Morgan fingerprint density at radius 3 is 2.60 bits per heavy atom. The predicted molar refractivity (Wildman–Crippen MR) is 74.2 cm³/mol. The maximum absolute atomic E-state index is 13.3. The molecule has 20 heavy (non-hydrogen) atoms. The van der Waals surface area contributed by atoms with Gasteiger partial charge >= 0.3 is 5.97 Å². The largest absolute Gasteiger partial charge is 0.481 e. The molecule has 0 unspecified atom stereocenters. The number of halogens is 1. The first-order valence-electron chi connectivity index (χ1n) is 6.77. The fourth-order valence-electron chi connectivity index (χ4n) is 1.91. The fourth-order valence-corrected chi connectivity index (χ4v) is 1.91. The number of benzene rings is 1. The van der Waals surface area contributed by atoms with Crippen LogP contribution in [0.1, 0.15) is 48.0 Å². The molecule has 1 rings (SSSR count). The molecular weight excluding hydrogens is 261 g/mol. The molecule has 0 bridgehead atoms. The van der Waals surface area contributed by atoms with E-state index in [1.807, 2.05) is 0 Å². The molecule has 110 valence electrons. The van der Waals surface area contributed by atoms with Gasteiger partial charge in [0.25, 0.3) is 5.91 Å². The highest BCUT2D eigenvalue weighted by atomic mass is 19.1. The van der Waals surface area contributed by atoms with Gasteiger partial charge in [0.05, 0.1) is 0 Å². The van der Waals surface area contributed by atoms with Crippen molar-refractivity contribution in [2.45, 2.75) is 39.0 Å². The van der Waals surface area contributed by atoms with Crippen molar-refractivity contribution in [1.82, 2.24) is 5.32 Å². The van der Waals surface area contributed by atoms with E-state index >= 15 is 0 Å². The van der Waals surface area contributed by atoms with Crippen LogP contribution in [0.2, 0.25) is 0 Å². The topological polar surface area (TPSA) is 66.4 Å². The fraction of sp³-hybridized carbons (Fsp3) is 0.467. The lowest BCUT2D eigenvalue weighted by Crippen LogP contribution is -2.25. The number of carbonyl (C=O) groups excluding carboxylic acids is 1. The number of carbonyl (C=O) groups is 2. The van der Waals surface area contributed by atoms with Crippen LogP contribution < -0.4 is 5.32 Å². The van der Waals surface area contributed by atoms with E-state index in [0.29, 0.717) is 24.1 Å². The first kappa shape index (κ1) is 16.1. The van der Waals surface area contributed by atoms with Crippen LogP contribution in [-0.4, -0.2) is 23.5 Å². The Bertz CT molecular complexity index is 474. The number of carboxylic acids is 1. The van der Waals surface area contributed by atoms with Gasteiger partial charge in [0.1, 0.15) is 5.82 Å². The average molecular weight is 281 g/mol. The average Bonchev–Trinajstić information content (AvgIpc) is 2.40. The van der Waals surface area contributed by atoms with Gasteiger partial charge in [0.2, 0.25) is 0 Å². The second-order valence-electron chi connectivity index (χ2n) is 4.73. The SMILES string of the molecule is Cc1c(F)cccc1C(=O)NCCCCCCC(=O)O. The summed E-state index contributed by atoms with van der Waals surface area (Å²) in [5.74, 6) is -1.43. The molecule has 1 amide bonds. The molecule has 0 saturated carbocycles. The van der Waals surface area contributed by atoms with Gasteiger partial charge in [-0.15, -0.1) is 0 Å². The Balaban J connectivity index is 2.24. The Hall–Kier alpha value is -1.91. The van der Waals surface area contributed by atoms with Gasteiger partial charge in [-0.05, 0) is 37.5 Å². The lowest BCUT2D eigenvalue weighted by atomic mass is 10.1. The van der Waals surface area contributed by atoms with E-state index in [2.05, 4.69) is 5.32 Å². The van der Waals surface area contributed by atoms with Crippen molar-refractivity contribution in [3.63, 3.8) is 0 Å². The molecule has 1 aromatic carbocycles. The third-order valence-corrected chi connectivity index (χ3v) is 3.12. The first-order chi connectivity index (χ1) is 9.52. The van der Waals surface area contributed by atoms with Crippen molar-refractivity contribution < 1.29 is 19.1 Å². The van der Waals surface area contributed by atoms with Crippen molar-refractivity contribution in [1.29, 1.82) is 0 Å². The number of amides is 1. The summed E-state index contributed by atoms with van der Waals surface area (Å²) in [6.45, 7) is 2.10. The summed E-state index contributed by atoms with van der Waals surface area (Å²) in [7, 11) is 0. The second kappa shape index (κ2) is 8.30. The normalized spacial score (nSPS) is 10.3. The summed E-state index contributed by atoms with van der Waals surface area (Å²) >= 11 is 0. The highest BCUT2D eigenvalue weighted by Gasteiger charge is 2.10. The molecule has 0 atom stereocenters. The number of unbranched alkanes of at least 4 members (excludes halogenated alkanes) is 3. The van der Waals surface area contributed by atoms with E-state index in [0.717, 1.165) is 19.3 Å². The number of hydrogen-bond donors (Lipinski definition) is 2. The molecular formula is C15H20FNO3. The standard InChI is InChI=1S/C15H20FNO3/c1-11-12(7-6-8-13(11)16)15(20)17-10-5-3-2-4-9-14(18)19/h6-8H,2-5,9-10H2,1H3,(H,17,20)(H,18,19). The van der Waals surface area contributed by atoms with Crippen LogP contribution in [0.15, 0.2) is 18.2 Å². The third kappa shape index (κ3) is 5.38. The van der Waals surface area contributed by atoms with Crippen molar-refractivity contribution in [2.75, 3.05) is 6.54 Å². The van der Waals surface area contributed by atoms with Crippen LogP contribution in [0, 0.1) is 12.7 Å². The molecule has 0 radical (unpaired) electrons. The minimum Gasteiger partial charge on any atom is -0.481 e. The maximum Gasteiger partial charge on any atom is 0.303 e. The van der Waals surface area contributed by atoms with Crippen LogP contribution in [0.4, 0.5) is 4.39 Å². The van der Waals surface area contributed by atoms with Crippen molar-refractivity contribution in [2.24, 2.45) is 0 Å². The molecule has 4 nitrogen and oxygen atoms in total. The number of hydrogen-bond acceptors (Lipinski definition) is 2. The van der Waals surface area contributed by atoms with Crippen molar-refractivity contribution in [3.05, 3.63) is 35.1 Å². The summed E-state index contributed by atoms with van der Waals surface area (Å²) in [6, 6.07) is 4.44. The first-order valence-corrected chi connectivity index (χ1v) is 6.77. The zero-order valence-corrected chi connectivity index (χ0v) is 11.6. The Kier molecular flexibility index (Phi) is 6.70. The smallest absolute Gasteiger partial charge is 0.303 e. The summed E-state index contributed by atoms with van der Waals surface area (Å²) in [4.78, 5) is 22.1. The molecule has 0 aromatic heterocycles. The summed E-state index contributed by atoms with van der Waals surface area (Å²) in [6.07, 6.45) is 3.34. The van der Waals surface area contributed by atoms with E-state index < -0.39 is 5.97 Å². The van der Waals surface area contributed by atoms with Gasteiger partial charge in [0.15, 0.2) is 0 Å². The van der Waals surface area contributed by atoms with Crippen LogP contribution in [0.5, 0.6) is 0 Å². The van der Waals surface area contributed by atoms with E-state index in [1.54, 1.807) is 13.0 Å². The van der Waals surface area contributed by atoms with Gasteiger partial charge in [-0.1, -0.05) is 18.9 Å². The molecule has 1 aromatic rings. The molecule has 0 saturated heterocycles. The molecule has 0 aliphatic rings. The van der Waals surface area contributed by atoms with Crippen molar-refractivity contribution in [3.8, 4) is 0 Å². The van der Waals surface area contributed by atoms with Gasteiger partial charge < -0.3 is 10.4 Å². The van der Waals surface area contributed by atoms with Crippen LogP contribution in [0.25, 0.3) is 0 Å². The zero-order chi connectivity index (χ0) is 15.0. The number of aliphatic carboxylic acids is 1. The van der Waals surface area contributed by atoms with Crippen LogP contribution in [0.3, 0.4) is 0 Å². The van der Waals surface area contributed by atoms with E-state index in [4.69, 9.17) is 5.11 Å². The Morgan fingerprint density at radius 1 is 1.20 bits per heavy atom. The number of nitrogens with one attached hydrogen (secondary N) is 1. The van der Waals surface area contributed by atoms with E-state index in [-0.39, 0.29) is 18.1 Å². The molecule has 0 aliphatic carbocycles. The summed E-state index contributed by atoms with van der Waals surface area (Å²) in [5.41, 5.74) is 0.710. The highest BCUT2D eigenvalue weighted by molar-refractivity contribution is 5.95. The molecule has 0 heterocycles. The second-order valence-corrected chi connectivity index (χ2v) is 4.73. The number of carboxylic acid groups (broad SMARTS) is 1. The summed E-state index contributed by atoms with van der Waals surface area (Å²) in [5, 5.41) is 11.2. The minimum atomic E-state index is -0.778. The quantitative estimate of drug-likeness (QED) is 0.720. The molecule has 5 heteroatoms. The lowest BCUT2D eigenvalue weighted by Gasteiger charge is -2.08. The lowest BCUT2D eigenvalue weighted by molar-refractivity contribution is -0.137. The van der Waals surface area contributed by atoms with Gasteiger partial charge in [-0.25, -0.2) is 4.39 Å². The van der Waals surface area contributed by atoms with E-state index in [1.165, 1.54) is 12.1 Å². The van der Waals surface area contributed by atoms with Gasteiger partial charge in [-0.3, -0.25) is 9.59 Å². The summed E-state index contributed by atoms with van der Waals surface area (Å²) < 4.78 is 13.3. The van der Waals surface area contributed by atoms with Gasteiger partial charge in [0, 0.05) is 18.5 Å². The van der Waals surface area contributed by atoms with Crippen LogP contribution in [-0.2, 0) is 4.79 Å². The van der Waals surface area contributed by atoms with E-state index in [9.17, 15) is 14.0 Å². The molecule has 0 spiro atoms. The molecule has 2 N–H and O–H groups in total. The Morgan fingerprint density at radius 2 is 1.90 bits per heavy atom. The third-order valence-electron chi connectivity index (χ3n) is 3.12. The monoisotopic (exact) mass is 281 g/mol. The zero-order valence-electron chi connectivity index (χ0n) is 11.6. The number of rotatable bonds is 8. The highest BCUT2D eigenvalue weighted by Crippen LogP contribution is 2.11. The van der Waals surface area contributed by atoms with Crippen molar-refractivity contribution >= 4 is 11.9 Å². The van der Waals surface area contributed by atoms with Gasteiger partial charge in [-0.2, -0.15) is 0 Å².